The predicted octanol–water partition coefficient (Wildman–Crippen LogP) is 2.17. The summed E-state index contributed by atoms with van der Waals surface area (Å²) in [6.07, 6.45) is -2.20. The van der Waals surface area contributed by atoms with Crippen LogP contribution in [-0.2, 0) is 43.6 Å². The van der Waals surface area contributed by atoms with Gasteiger partial charge in [0.25, 0.3) is 0 Å². The molecular formula is C31H37N3O7. The zero-order chi connectivity index (χ0) is 29.0. The molecule has 1 fully saturated rings. The molecule has 0 aromatic heterocycles. The van der Waals surface area contributed by atoms with Crippen molar-refractivity contribution in [2.24, 2.45) is 5.73 Å². The third kappa shape index (κ3) is 8.92. The van der Waals surface area contributed by atoms with Crippen molar-refractivity contribution in [1.82, 2.24) is 10.6 Å². The van der Waals surface area contributed by atoms with E-state index in [-0.39, 0.29) is 32.9 Å². The van der Waals surface area contributed by atoms with Crippen LogP contribution < -0.4 is 16.4 Å². The summed E-state index contributed by atoms with van der Waals surface area (Å²) in [6.45, 7) is -0.0685. The molecule has 1 saturated carbocycles. The van der Waals surface area contributed by atoms with E-state index < -0.39 is 48.4 Å². The SMILES string of the molecule is N[C@H]1[C@@H](OCc2ccccc2)[C@@H](NCC(=O)O)[C@@H](OCc2ccccc2)[C@@H](NCC(=O)O)[C@H]1OCc1ccccc1. The van der Waals surface area contributed by atoms with Crippen molar-refractivity contribution in [1.29, 1.82) is 0 Å². The van der Waals surface area contributed by atoms with E-state index >= 15 is 0 Å². The normalized spacial score (nSPS) is 24.1. The Labute approximate surface area is 239 Å². The van der Waals surface area contributed by atoms with E-state index in [1.54, 1.807) is 0 Å². The van der Waals surface area contributed by atoms with Crippen molar-refractivity contribution in [3.05, 3.63) is 108 Å². The van der Waals surface area contributed by atoms with Crippen molar-refractivity contribution in [2.45, 2.75) is 56.3 Å². The predicted molar refractivity (Wildman–Crippen MR) is 152 cm³/mol. The van der Waals surface area contributed by atoms with Gasteiger partial charge >= 0.3 is 11.9 Å². The molecular weight excluding hydrogens is 526 g/mol. The molecule has 1 aliphatic rings. The number of nitrogens with one attached hydrogen (secondary N) is 2. The number of aliphatic carboxylic acids is 2. The number of ether oxygens (including phenoxy) is 3. The van der Waals surface area contributed by atoms with Gasteiger partial charge in [0.05, 0.1) is 69.3 Å². The van der Waals surface area contributed by atoms with E-state index in [2.05, 4.69) is 10.6 Å². The Kier molecular flexibility index (Phi) is 11.4. The molecule has 0 radical (unpaired) electrons. The molecule has 3 aromatic rings. The summed E-state index contributed by atoms with van der Waals surface area (Å²) in [6, 6.07) is 26.5. The van der Waals surface area contributed by atoms with Gasteiger partial charge in [0.1, 0.15) is 0 Å². The topological polar surface area (TPSA) is 152 Å². The van der Waals surface area contributed by atoms with Gasteiger partial charge in [0.2, 0.25) is 0 Å². The summed E-state index contributed by atoms with van der Waals surface area (Å²) >= 11 is 0. The van der Waals surface area contributed by atoms with Crippen LogP contribution in [0.2, 0.25) is 0 Å². The Bertz CT molecular complexity index is 1140. The number of carbonyl (C=O) groups is 2. The zero-order valence-corrected chi connectivity index (χ0v) is 22.7. The second-order valence-corrected chi connectivity index (χ2v) is 9.96. The van der Waals surface area contributed by atoms with Crippen LogP contribution in [-0.4, -0.2) is 71.7 Å². The lowest BCUT2D eigenvalue weighted by Gasteiger charge is -2.50. The number of nitrogens with two attached hydrogens (primary N) is 1. The van der Waals surface area contributed by atoms with E-state index in [1.807, 2.05) is 91.0 Å². The quantitative estimate of drug-likeness (QED) is 0.186. The molecule has 1 aliphatic carbocycles. The fraction of sp³-hybridized carbons (Fsp3) is 0.355. The highest BCUT2D eigenvalue weighted by Crippen LogP contribution is 2.29. The molecule has 0 heterocycles. The fourth-order valence-electron chi connectivity index (χ4n) is 5.07. The zero-order valence-electron chi connectivity index (χ0n) is 22.7. The van der Waals surface area contributed by atoms with Crippen LogP contribution in [0.1, 0.15) is 16.7 Å². The maximum Gasteiger partial charge on any atom is 0.317 e. The van der Waals surface area contributed by atoms with Crippen LogP contribution >= 0.6 is 0 Å². The second-order valence-electron chi connectivity index (χ2n) is 9.96. The van der Waals surface area contributed by atoms with Crippen LogP contribution in [0.15, 0.2) is 91.0 Å². The van der Waals surface area contributed by atoms with E-state index in [0.717, 1.165) is 16.7 Å². The van der Waals surface area contributed by atoms with Crippen LogP contribution in [0.3, 0.4) is 0 Å². The van der Waals surface area contributed by atoms with Gasteiger partial charge < -0.3 is 30.2 Å². The summed E-state index contributed by atoms with van der Waals surface area (Å²) in [5.74, 6) is -2.11. The number of hydrogen-bond donors (Lipinski definition) is 5. The summed E-state index contributed by atoms with van der Waals surface area (Å²) < 4.78 is 19.2. The molecule has 0 spiro atoms. The molecule has 0 unspecified atom stereocenters. The Hall–Kier alpha value is -3.64. The molecule has 10 nitrogen and oxygen atoms in total. The molecule has 218 valence electrons. The maximum absolute atomic E-state index is 11.6. The van der Waals surface area contributed by atoms with Gasteiger partial charge in [-0.05, 0) is 16.7 Å². The second kappa shape index (κ2) is 15.4. The number of carboxylic acids is 2. The highest BCUT2D eigenvalue weighted by Gasteiger charge is 2.51. The van der Waals surface area contributed by atoms with Crippen molar-refractivity contribution in [3.63, 3.8) is 0 Å². The number of rotatable bonds is 15. The van der Waals surface area contributed by atoms with E-state index in [9.17, 15) is 19.8 Å². The first-order valence-corrected chi connectivity index (χ1v) is 13.5. The van der Waals surface area contributed by atoms with Crippen LogP contribution in [0.4, 0.5) is 0 Å². The van der Waals surface area contributed by atoms with Gasteiger partial charge in [-0.2, -0.15) is 0 Å². The smallest absolute Gasteiger partial charge is 0.317 e. The standard InChI is InChI=1S/C31H37N3O7/c32-26-29(39-18-21-10-4-1-5-11-21)27(33-16-24(35)36)31(41-20-23-14-8-3-9-15-23)28(34-17-25(37)38)30(26)40-19-22-12-6-2-7-13-22/h1-15,26-31,33-34H,16-20,32H2,(H,35,36)(H,37,38)/t26-,27+,28-,29+,30-,31+. The lowest BCUT2D eigenvalue weighted by Crippen LogP contribution is -2.74. The average molecular weight is 564 g/mol. The average Bonchev–Trinajstić information content (AvgIpc) is 2.98. The third-order valence-electron chi connectivity index (χ3n) is 7.01. The molecule has 10 heteroatoms. The van der Waals surface area contributed by atoms with Crippen molar-refractivity contribution in [2.75, 3.05) is 13.1 Å². The summed E-state index contributed by atoms with van der Waals surface area (Å²) in [7, 11) is 0. The van der Waals surface area contributed by atoms with Gasteiger partial charge in [-0.1, -0.05) is 91.0 Å². The van der Waals surface area contributed by atoms with E-state index in [4.69, 9.17) is 19.9 Å². The monoisotopic (exact) mass is 563 g/mol. The van der Waals surface area contributed by atoms with Crippen molar-refractivity contribution < 1.29 is 34.0 Å². The number of carboxylic acid groups (broad SMARTS) is 2. The van der Waals surface area contributed by atoms with Gasteiger partial charge in [-0.3, -0.25) is 20.2 Å². The first-order valence-electron chi connectivity index (χ1n) is 13.5. The minimum absolute atomic E-state index is 0.202. The fourth-order valence-corrected chi connectivity index (χ4v) is 5.07. The first kappa shape index (κ1) is 30.3. The highest BCUT2D eigenvalue weighted by molar-refractivity contribution is 5.69. The lowest BCUT2D eigenvalue weighted by atomic mass is 9.79. The molecule has 6 N–H and O–H groups in total. The molecule has 4 rings (SSSR count). The van der Waals surface area contributed by atoms with Crippen LogP contribution in [0.25, 0.3) is 0 Å². The van der Waals surface area contributed by atoms with Crippen molar-refractivity contribution in [3.8, 4) is 0 Å². The number of benzene rings is 3. The van der Waals surface area contributed by atoms with E-state index in [0.29, 0.717) is 0 Å². The summed E-state index contributed by atoms with van der Waals surface area (Å²) in [4.78, 5) is 23.2. The molecule has 3 aromatic carbocycles. The maximum atomic E-state index is 11.6. The summed E-state index contributed by atoms with van der Waals surface area (Å²) in [5, 5.41) is 25.1. The van der Waals surface area contributed by atoms with Crippen molar-refractivity contribution >= 4 is 11.9 Å². The van der Waals surface area contributed by atoms with Crippen LogP contribution in [0.5, 0.6) is 0 Å². The summed E-state index contributed by atoms with van der Waals surface area (Å²) in [5.41, 5.74) is 9.58. The molecule has 0 amide bonds. The van der Waals surface area contributed by atoms with Gasteiger partial charge in [-0.15, -0.1) is 0 Å². The molecule has 41 heavy (non-hydrogen) atoms. The lowest BCUT2D eigenvalue weighted by molar-refractivity contribution is -0.160. The highest BCUT2D eigenvalue weighted by atomic mass is 16.5. The first-order chi connectivity index (χ1) is 19.9. The Morgan fingerprint density at radius 3 is 1.22 bits per heavy atom. The van der Waals surface area contributed by atoms with Gasteiger partial charge in [0, 0.05) is 0 Å². The largest absolute Gasteiger partial charge is 0.480 e. The minimum Gasteiger partial charge on any atom is -0.480 e. The van der Waals surface area contributed by atoms with Crippen LogP contribution in [0, 0.1) is 0 Å². The molecule has 0 saturated heterocycles. The van der Waals surface area contributed by atoms with E-state index in [1.165, 1.54) is 0 Å². The van der Waals surface area contributed by atoms with Gasteiger partial charge in [-0.25, -0.2) is 0 Å². The molecule has 6 atom stereocenters. The Morgan fingerprint density at radius 1 is 0.585 bits per heavy atom. The van der Waals surface area contributed by atoms with Gasteiger partial charge in [0.15, 0.2) is 0 Å². The minimum atomic E-state index is -1.06. The Morgan fingerprint density at radius 2 is 0.902 bits per heavy atom. The Balaban J connectivity index is 1.67. The molecule has 0 bridgehead atoms. The third-order valence-corrected chi connectivity index (χ3v) is 7.01. The number of hydrogen-bond acceptors (Lipinski definition) is 8. The molecule has 0 aliphatic heterocycles.